The number of hydrogen-bond acceptors (Lipinski definition) is 1. The number of alkyl halides is 1. The maximum Gasteiger partial charge on any atom is 0.127 e. The van der Waals surface area contributed by atoms with Crippen LogP contribution in [0.1, 0.15) is 50.3 Å². The summed E-state index contributed by atoms with van der Waals surface area (Å²) in [5, 5.41) is 0. The SMILES string of the molecule is CC(C)c1cc(CCl)c2c(c1)CC(C)(C)O2. The largest absolute Gasteiger partial charge is 0.487 e. The molecular formula is C14H19ClO. The number of ether oxygens (including phenoxy) is 1. The van der Waals surface area contributed by atoms with Gasteiger partial charge in [-0.3, -0.25) is 0 Å². The summed E-state index contributed by atoms with van der Waals surface area (Å²) >= 11 is 6.00. The lowest BCUT2D eigenvalue weighted by Crippen LogP contribution is -2.24. The van der Waals surface area contributed by atoms with Crippen LogP contribution in [0.3, 0.4) is 0 Å². The first kappa shape index (κ1) is 11.8. The number of benzene rings is 1. The van der Waals surface area contributed by atoms with Crippen LogP contribution < -0.4 is 4.74 Å². The van der Waals surface area contributed by atoms with Crippen LogP contribution >= 0.6 is 11.6 Å². The Morgan fingerprint density at radius 2 is 2.06 bits per heavy atom. The summed E-state index contributed by atoms with van der Waals surface area (Å²) in [6.45, 7) is 8.67. The minimum Gasteiger partial charge on any atom is -0.487 e. The third-order valence-electron chi connectivity index (χ3n) is 3.07. The third kappa shape index (κ3) is 2.06. The van der Waals surface area contributed by atoms with Crippen molar-refractivity contribution >= 4 is 11.6 Å². The van der Waals surface area contributed by atoms with Gasteiger partial charge in [0.15, 0.2) is 0 Å². The van der Waals surface area contributed by atoms with Gasteiger partial charge in [0.2, 0.25) is 0 Å². The highest BCUT2D eigenvalue weighted by Crippen LogP contribution is 2.40. The van der Waals surface area contributed by atoms with Crippen molar-refractivity contribution in [2.24, 2.45) is 0 Å². The highest BCUT2D eigenvalue weighted by atomic mass is 35.5. The van der Waals surface area contributed by atoms with Gasteiger partial charge in [-0.25, -0.2) is 0 Å². The van der Waals surface area contributed by atoms with Gasteiger partial charge in [-0.05, 0) is 30.9 Å². The van der Waals surface area contributed by atoms with Gasteiger partial charge < -0.3 is 4.74 Å². The van der Waals surface area contributed by atoms with Crippen molar-refractivity contribution in [1.82, 2.24) is 0 Å². The summed E-state index contributed by atoms with van der Waals surface area (Å²) in [4.78, 5) is 0. The molecule has 0 aromatic heterocycles. The van der Waals surface area contributed by atoms with Gasteiger partial charge in [0.1, 0.15) is 11.4 Å². The van der Waals surface area contributed by atoms with Crippen molar-refractivity contribution in [1.29, 1.82) is 0 Å². The van der Waals surface area contributed by atoms with Crippen LogP contribution in [0.15, 0.2) is 12.1 Å². The van der Waals surface area contributed by atoms with Gasteiger partial charge in [0.25, 0.3) is 0 Å². The fourth-order valence-corrected chi connectivity index (χ4v) is 2.45. The molecule has 1 aromatic carbocycles. The van der Waals surface area contributed by atoms with E-state index in [9.17, 15) is 0 Å². The third-order valence-corrected chi connectivity index (χ3v) is 3.36. The summed E-state index contributed by atoms with van der Waals surface area (Å²) in [5.41, 5.74) is 3.72. The van der Waals surface area contributed by atoms with Crippen LogP contribution in [-0.4, -0.2) is 5.60 Å². The van der Waals surface area contributed by atoms with E-state index in [4.69, 9.17) is 16.3 Å². The molecule has 0 bridgehead atoms. The van der Waals surface area contributed by atoms with E-state index >= 15 is 0 Å². The Morgan fingerprint density at radius 1 is 1.38 bits per heavy atom. The molecule has 0 saturated heterocycles. The van der Waals surface area contributed by atoms with E-state index in [1.807, 2.05) is 0 Å². The summed E-state index contributed by atoms with van der Waals surface area (Å²) in [7, 11) is 0. The zero-order valence-electron chi connectivity index (χ0n) is 10.4. The highest BCUT2D eigenvalue weighted by molar-refractivity contribution is 6.17. The van der Waals surface area contributed by atoms with Crippen LogP contribution in [0.5, 0.6) is 5.75 Å². The fourth-order valence-electron chi connectivity index (χ4n) is 2.25. The predicted molar refractivity (Wildman–Crippen MR) is 68.5 cm³/mol. The monoisotopic (exact) mass is 238 g/mol. The molecule has 0 spiro atoms. The van der Waals surface area contributed by atoms with E-state index < -0.39 is 0 Å². The molecule has 0 N–H and O–H groups in total. The summed E-state index contributed by atoms with van der Waals surface area (Å²) in [6.07, 6.45) is 0.979. The number of rotatable bonds is 2. The highest BCUT2D eigenvalue weighted by Gasteiger charge is 2.32. The normalized spacial score (nSPS) is 17.4. The van der Waals surface area contributed by atoms with Crippen LogP contribution in [-0.2, 0) is 12.3 Å². The lowest BCUT2D eigenvalue weighted by atomic mass is 9.94. The maximum atomic E-state index is 6.00. The van der Waals surface area contributed by atoms with E-state index in [0.29, 0.717) is 11.8 Å². The zero-order chi connectivity index (χ0) is 11.9. The van der Waals surface area contributed by atoms with Crippen LogP contribution in [0.2, 0.25) is 0 Å². The average Bonchev–Trinajstić information content (AvgIpc) is 2.49. The predicted octanol–water partition coefficient (Wildman–Crippen LogP) is 4.26. The quantitative estimate of drug-likeness (QED) is 0.700. The van der Waals surface area contributed by atoms with Crippen molar-refractivity contribution < 1.29 is 4.74 Å². The van der Waals surface area contributed by atoms with Gasteiger partial charge in [0.05, 0.1) is 5.88 Å². The lowest BCUT2D eigenvalue weighted by molar-refractivity contribution is 0.137. The lowest BCUT2D eigenvalue weighted by Gasteiger charge is -2.18. The van der Waals surface area contributed by atoms with Crippen LogP contribution in [0.4, 0.5) is 0 Å². The van der Waals surface area contributed by atoms with Crippen LogP contribution in [0, 0.1) is 0 Å². The van der Waals surface area contributed by atoms with E-state index in [-0.39, 0.29) is 5.60 Å². The Hall–Kier alpha value is -0.690. The van der Waals surface area contributed by atoms with Gasteiger partial charge in [-0.15, -0.1) is 11.6 Å². The molecule has 0 atom stereocenters. The molecule has 0 unspecified atom stereocenters. The van der Waals surface area contributed by atoms with Crippen molar-refractivity contribution in [3.63, 3.8) is 0 Å². The average molecular weight is 239 g/mol. The van der Waals surface area contributed by atoms with Crippen molar-refractivity contribution in [2.75, 3.05) is 0 Å². The Kier molecular flexibility index (Phi) is 2.91. The fraction of sp³-hybridized carbons (Fsp3) is 0.571. The summed E-state index contributed by atoms with van der Waals surface area (Å²) in [5.74, 6) is 2.08. The van der Waals surface area contributed by atoms with E-state index in [1.165, 1.54) is 11.1 Å². The molecule has 1 aliphatic rings. The second kappa shape index (κ2) is 3.96. The molecule has 2 rings (SSSR count). The van der Waals surface area contributed by atoms with Gasteiger partial charge >= 0.3 is 0 Å². The topological polar surface area (TPSA) is 9.23 Å². The molecule has 0 aliphatic carbocycles. The van der Waals surface area contributed by atoms with E-state index in [1.54, 1.807) is 0 Å². The smallest absolute Gasteiger partial charge is 0.127 e. The Morgan fingerprint density at radius 3 is 2.62 bits per heavy atom. The maximum absolute atomic E-state index is 6.00. The molecule has 1 aliphatic heterocycles. The molecule has 2 heteroatoms. The molecule has 1 heterocycles. The zero-order valence-corrected chi connectivity index (χ0v) is 11.2. The number of halogens is 1. The molecule has 0 fully saturated rings. The Balaban J connectivity index is 2.49. The Labute approximate surface area is 103 Å². The van der Waals surface area contributed by atoms with E-state index in [2.05, 4.69) is 39.8 Å². The van der Waals surface area contributed by atoms with E-state index in [0.717, 1.165) is 17.7 Å². The molecular weight excluding hydrogens is 220 g/mol. The van der Waals surface area contributed by atoms with Gasteiger partial charge in [0, 0.05) is 12.0 Å². The standard InChI is InChI=1S/C14H19ClO/c1-9(2)10-5-11-7-14(3,4)16-13(11)12(6-10)8-15/h5-6,9H,7-8H2,1-4H3. The molecule has 0 saturated carbocycles. The van der Waals surface area contributed by atoms with Crippen molar-refractivity contribution in [3.8, 4) is 5.75 Å². The van der Waals surface area contributed by atoms with Gasteiger partial charge in [-0.2, -0.15) is 0 Å². The molecule has 88 valence electrons. The second-order valence-electron chi connectivity index (χ2n) is 5.50. The first-order valence-corrected chi connectivity index (χ1v) is 6.37. The first-order chi connectivity index (χ1) is 7.43. The van der Waals surface area contributed by atoms with Crippen LogP contribution in [0.25, 0.3) is 0 Å². The van der Waals surface area contributed by atoms with Gasteiger partial charge in [-0.1, -0.05) is 26.0 Å². The molecule has 1 aromatic rings. The van der Waals surface area contributed by atoms with Crippen molar-refractivity contribution in [2.45, 2.75) is 51.5 Å². The molecule has 16 heavy (non-hydrogen) atoms. The first-order valence-electron chi connectivity index (χ1n) is 5.83. The summed E-state index contributed by atoms with van der Waals surface area (Å²) in [6, 6.07) is 4.45. The minimum atomic E-state index is -0.0846. The minimum absolute atomic E-state index is 0.0846. The second-order valence-corrected chi connectivity index (χ2v) is 5.76. The number of fused-ring (bicyclic) bond motifs is 1. The summed E-state index contributed by atoms with van der Waals surface area (Å²) < 4.78 is 5.97. The Bertz CT molecular complexity index is 407. The van der Waals surface area contributed by atoms with Crippen molar-refractivity contribution in [3.05, 3.63) is 28.8 Å². The number of hydrogen-bond donors (Lipinski definition) is 0. The molecule has 0 radical (unpaired) electrons. The molecule has 1 nitrogen and oxygen atoms in total. The molecule has 0 amide bonds.